The number of fused-ring (bicyclic) bond motifs is 12. The minimum Gasteiger partial charge on any atom is -0.311 e. The van der Waals surface area contributed by atoms with Gasteiger partial charge < -0.3 is 14.4 Å². The second kappa shape index (κ2) is 29.6. The summed E-state index contributed by atoms with van der Waals surface area (Å²) in [6.45, 7) is 4.73. The smallest absolute Gasteiger partial charge is 0.0541 e. The number of benzene rings is 17. The predicted molar refractivity (Wildman–Crippen MR) is 533 cm³/mol. The number of hydrogen-bond donors (Lipinski definition) is 0. The lowest BCUT2D eigenvalue weighted by atomic mass is 9.43. The quantitative estimate of drug-likeness (QED) is 0.114. The lowest BCUT2D eigenvalue weighted by Crippen LogP contribution is -2.55. The van der Waals surface area contributed by atoms with Crippen molar-refractivity contribution in [3.63, 3.8) is 0 Å². The Balaban J connectivity index is 0.000000136. The van der Waals surface area contributed by atoms with E-state index in [0.29, 0.717) is 0 Å². The molecule has 0 N–H and O–H groups in total. The molecule has 128 heavy (non-hydrogen) atoms. The first-order chi connectivity index (χ1) is 63.1. The van der Waals surface area contributed by atoms with Gasteiger partial charge in [-0.2, -0.15) is 0 Å². The Kier molecular flexibility index (Phi) is 17.5. The zero-order chi connectivity index (χ0) is 84.5. The molecule has 3 heteroatoms. The minimum absolute atomic E-state index is 0.0814. The summed E-state index contributed by atoms with van der Waals surface area (Å²) in [4.78, 5) is 4.79. The predicted octanol–water partition coefficient (Wildman–Crippen LogP) is 33.2. The van der Waals surface area contributed by atoms with E-state index in [9.17, 15) is 0 Å². The fourth-order valence-corrected chi connectivity index (χ4v) is 27.5. The van der Waals surface area contributed by atoms with E-state index in [1.54, 1.807) is 22.3 Å². The average molecular weight is 1650 g/mol. The molecule has 17 aromatic carbocycles. The Hall–Kier alpha value is -13.9. The van der Waals surface area contributed by atoms with Crippen molar-refractivity contribution >= 4 is 55.9 Å². The van der Waals surface area contributed by atoms with E-state index in [2.05, 4.69) is 435 Å². The summed E-state index contributed by atoms with van der Waals surface area (Å²) < 4.78 is 2.38. The summed E-state index contributed by atoms with van der Waals surface area (Å²) in [5.41, 5.74) is 43.5. The number of anilines is 6. The van der Waals surface area contributed by atoms with Crippen molar-refractivity contribution in [3.8, 4) is 106 Å². The molecular weight excluding hydrogens is 1540 g/mol. The molecule has 2 spiro atoms. The molecule has 0 atom stereocenters. The Morgan fingerprint density at radius 3 is 0.852 bits per heavy atom. The van der Waals surface area contributed by atoms with E-state index in [-0.39, 0.29) is 16.2 Å². The summed E-state index contributed by atoms with van der Waals surface area (Å²) in [5, 5.41) is 2.54. The lowest BCUT2D eigenvalue weighted by Gasteiger charge is -2.61. The summed E-state index contributed by atoms with van der Waals surface area (Å²) >= 11 is 0. The standard InChI is InChI=1S/C64H50N2.C61H51N/c1-2-10-44(11-3-1)46-22-27-52(28-23-46)65(54-31-33-55(34-32-54)66-62-16-8-5-13-57(62)58-14-6-9-17-63(58)66)53-29-24-47(25-30-53)45-18-20-48(21-19-45)49-26-35-61-59(41-49)56-12-4-7-15-60(56)64(61)50-37-42-36-43(39-50)40-51(64)38-42;1-60(2)56-14-8-6-12-52(56)54-30-29-51(38-59(54)60)62(49-25-20-43(21-26-49)41-10-4-3-5-11-41)50-27-22-44(23-28-50)42-16-18-45(19-17-42)46-24-31-58-55(37-46)53-13-7-9-15-57(53)61(58)47-33-39-32-40(35-47)36-48(61)34-39/h1-35,41-43,50-51H,36-40H2;3-31,37-40,47-48H,32-36H2,1-2H3. The van der Waals surface area contributed by atoms with E-state index in [0.717, 1.165) is 81.5 Å². The maximum atomic E-state index is 2.54. The molecule has 1 aromatic heterocycles. The molecule has 0 saturated heterocycles. The number of para-hydroxylation sites is 2. The summed E-state index contributed by atoms with van der Waals surface area (Å²) in [5.74, 6) is 7.00. The second-order valence-corrected chi connectivity index (χ2v) is 39.5. The van der Waals surface area contributed by atoms with Crippen LogP contribution in [0.3, 0.4) is 0 Å². The fraction of sp³-hybridized carbons (Fsp3) is 0.184. The Morgan fingerprint density at radius 1 is 0.203 bits per heavy atom. The van der Waals surface area contributed by atoms with Crippen molar-refractivity contribution in [2.75, 3.05) is 9.80 Å². The molecule has 0 aliphatic heterocycles. The molecule has 8 saturated carbocycles. The molecule has 1 heterocycles. The van der Waals surface area contributed by atoms with Gasteiger partial charge in [0.05, 0.1) is 11.0 Å². The van der Waals surface area contributed by atoms with Gasteiger partial charge in [0.2, 0.25) is 0 Å². The van der Waals surface area contributed by atoms with E-state index in [1.165, 1.54) is 203 Å². The fourth-order valence-electron chi connectivity index (χ4n) is 27.5. The maximum Gasteiger partial charge on any atom is 0.0541 e. The lowest BCUT2D eigenvalue weighted by molar-refractivity contribution is -0.0399. The van der Waals surface area contributed by atoms with Gasteiger partial charge in [0.25, 0.3) is 0 Å². The van der Waals surface area contributed by atoms with Crippen LogP contribution in [0.1, 0.15) is 111 Å². The van der Waals surface area contributed by atoms with Crippen molar-refractivity contribution in [2.24, 2.45) is 47.3 Å². The van der Waals surface area contributed by atoms with Crippen LogP contribution >= 0.6 is 0 Å². The molecule has 3 nitrogen and oxygen atoms in total. The van der Waals surface area contributed by atoms with Crippen LogP contribution in [0.2, 0.25) is 0 Å². The maximum absolute atomic E-state index is 2.54. The van der Waals surface area contributed by atoms with Gasteiger partial charge in [-0.05, 0) is 354 Å². The van der Waals surface area contributed by atoms with Crippen LogP contribution in [0.4, 0.5) is 34.1 Å². The Bertz CT molecular complexity index is 7250. The van der Waals surface area contributed by atoms with Gasteiger partial charge in [0.15, 0.2) is 0 Å². The first kappa shape index (κ1) is 75.5. The highest BCUT2D eigenvalue weighted by Gasteiger charge is 2.63. The van der Waals surface area contributed by atoms with Crippen LogP contribution in [0, 0.1) is 47.3 Å². The monoisotopic (exact) mass is 1640 g/mol. The van der Waals surface area contributed by atoms with Crippen LogP contribution in [-0.4, -0.2) is 4.57 Å². The third-order valence-corrected chi connectivity index (χ3v) is 32.7. The Labute approximate surface area is 752 Å². The molecule has 8 fully saturated rings. The van der Waals surface area contributed by atoms with Crippen molar-refractivity contribution in [1.29, 1.82) is 0 Å². The largest absolute Gasteiger partial charge is 0.311 e. The SMILES string of the molecule is CC1(C)c2ccccc2-c2ccc(N(c3ccc(-c4ccccc4)cc3)c3ccc(-c4ccc(-c5ccc6c(c5)-c5ccccc5C65C6CC7CC(C6)CC5C7)cc4)cc3)cc21.c1ccc(-c2ccc(N(c3ccc(-c4ccc(-c5ccc6c(c5)-c5ccccc5C65C6CC7CC(C6)CC5C7)cc4)cc3)c3ccc(-n4c5ccccc5c5ccccc54)cc3)cc2)cc1. The van der Waals surface area contributed by atoms with Crippen molar-refractivity contribution < 1.29 is 0 Å². The zero-order valence-electron chi connectivity index (χ0n) is 72.7. The number of aromatic nitrogens is 1. The van der Waals surface area contributed by atoms with Gasteiger partial charge in [-0.3, -0.25) is 0 Å². The van der Waals surface area contributed by atoms with E-state index in [1.807, 2.05) is 0 Å². The van der Waals surface area contributed by atoms with Gasteiger partial charge in [-0.15, -0.1) is 0 Å². The molecule has 0 radical (unpaired) electrons. The number of hydrogen-bond acceptors (Lipinski definition) is 2. The van der Waals surface area contributed by atoms with Gasteiger partial charge in [-0.25, -0.2) is 0 Å². The summed E-state index contributed by atoms with van der Waals surface area (Å²) in [6, 6.07) is 152. The highest BCUT2D eigenvalue weighted by molar-refractivity contribution is 6.09. The van der Waals surface area contributed by atoms with Crippen LogP contribution in [0.15, 0.2) is 406 Å². The van der Waals surface area contributed by atoms with E-state index in [4.69, 9.17) is 0 Å². The second-order valence-electron chi connectivity index (χ2n) is 39.5. The molecule has 8 bridgehead atoms. The molecule has 0 amide bonds. The minimum atomic E-state index is -0.0814. The summed E-state index contributed by atoms with van der Waals surface area (Å²) in [7, 11) is 0. The molecule has 0 unspecified atom stereocenters. The first-order valence-electron chi connectivity index (χ1n) is 47.3. The molecule has 616 valence electrons. The average Bonchev–Trinajstić information content (AvgIpc) is 1.51. The highest BCUT2D eigenvalue weighted by atomic mass is 15.1. The van der Waals surface area contributed by atoms with Gasteiger partial charge >= 0.3 is 0 Å². The van der Waals surface area contributed by atoms with Crippen LogP contribution in [-0.2, 0) is 16.2 Å². The zero-order valence-corrected chi connectivity index (χ0v) is 72.7. The molecule has 29 rings (SSSR count). The topological polar surface area (TPSA) is 11.4 Å². The van der Waals surface area contributed by atoms with Crippen molar-refractivity contribution in [2.45, 2.75) is 94.3 Å². The van der Waals surface area contributed by atoms with E-state index < -0.39 is 0 Å². The highest BCUT2D eigenvalue weighted by Crippen LogP contribution is 2.72. The normalized spacial score (nSPS) is 22.0. The summed E-state index contributed by atoms with van der Waals surface area (Å²) in [6.07, 6.45) is 14.3. The first-order valence-corrected chi connectivity index (χ1v) is 47.3. The van der Waals surface area contributed by atoms with Gasteiger partial charge in [0, 0.05) is 66.8 Å². The van der Waals surface area contributed by atoms with Crippen molar-refractivity contribution in [3.05, 3.63) is 440 Å². The van der Waals surface area contributed by atoms with Gasteiger partial charge in [0.1, 0.15) is 0 Å². The molecule has 18 aromatic rings. The number of rotatable bonds is 13. The third-order valence-electron chi connectivity index (χ3n) is 32.7. The van der Waals surface area contributed by atoms with Crippen LogP contribution in [0.25, 0.3) is 128 Å². The molecule has 11 aliphatic carbocycles. The van der Waals surface area contributed by atoms with E-state index >= 15 is 0 Å². The molecule has 11 aliphatic rings. The van der Waals surface area contributed by atoms with Gasteiger partial charge in [-0.1, -0.05) is 311 Å². The Morgan fingerprint density at radius 2 is 0.469 bits per heavy atom. The number of nitrogens with zero attached hydrogens (tertiary/aromatic N) is 3. The third kappa shape index (κ3) is 11.8. The van der Waals surface area contributed by atoms with Crippen LogP contribution < -0.4 is 9.80 Å². The molecular formula is C125H101N3. The van der Waals surface area contributed by atoms with Crippen molar-refractivity contribution in [1.82, 2.24) is 4.57 Å². The van der Waals surface area contributed by atoms with Crippen LogP contribution in [0.5, 0.6) is 0 Å².